The Balaban J connectivity index is 1.76. The fourth-order valence-electron chi connectivity index (χ4n) is 3.29. The van der Waals surface area contributed by atoms with Crippen LogP contribution in [0.3, 0.4) is 0 Å². The number of esters is 1. The number of benzene rings is 1. The highest BCUT2D eigenvalue weighted by Gasteiger charge is 2.26. The van der Waals surface area contributed by atoms with Crippen LogP contribution in [-0.4, -0.2) is 19.6 Å². The van der Waals surface area contributed by atoms with E-state index in [-0.39, 0.29) is 5.97 Å². The molecule has 0 saturated carbocycles. The molecule has 1 aliphatic heterocycles. The Morgan fingerprint density at radius 3 is 2.70 bits per heavy atom. The maximum Gasteiger partial charge on any atom is 0.337 e. The first kappa shape index (κ1) is 16.7. The molecule has 0 bridgehead atoms. The van der Waals surface area contributed by atoms with E-state index in [1.807, 2.05) is 35.6 Å². The molecular formula is C18H20BrNO2S. The monoisotopic (exact) mass is 393 g/mol. The van der Waals surface area contributed by atoms with Crippen molar-refractivity contribution in [2.24, 2.45) is 0 Å². The molecule has 2 atom stereocenters. The van der Waals surface area contributed by atoms with E-state index in [4.69, 9.17) is 4.74 Å². The van der Waals surface area contributed by atoms with Gasteiger partial charge in [-0.15, -0.1) is 11.3 Å². The number of hydrogen-bond acceptors (Lipinski definition) is 4. The van der Waals surface area contributed by atoms with E-state index in [9.17, 15) is 4.79 Å². The maximum atomic E-state index is 11.5. The minimum atomic E-state index is -0.287. The van der Waals surface area contributed by atoms with Gasteiger partial charge in [-0.2, -0.15) is 0 Å². The lowest BCUT2D eigenvalue weighted by molar-refractivity contribution is 0.0600. The normalized spacial score (nSPS) is 21.2. The molecule has 0 aliphatic carbocycles. The molecule has 1 aromatic heterocycles. The molecular weight excluding hydrogens is 374 g/mol. The van der Waals surface area contributed by atoms with E-state index >= 15 is 0 Å². The van der Waals surface area contributed by atoms with Crippen LogP contribution in [0.2, 0.25) is 0 Å². The summed E-state index contributed by atoms with van der Waals surface area (Å²) in [4.78, 5) is 12.9. The second-order valence-electron chi connectivity index (χ2n) is 5.90. The lowest BCUT2D eigenvalue weighted by Gasteiger charge is -2.31. The van der Waals surface area contributed by atoms with Crippen molar-refractivity contribution in [1.82, 2.24) is 5.32 Å². The van der Waals surface area contributed by atoms with E-state index < -0.39 is 0 Å². The molecule has 122 valence electrons. The molecule has 1 fully saturated rings. The standard InChI is InChI=1S/C18H20BrNO2S/c1-11-15(10-17(19)23-11)14-7-8-20-16(9-14)12-3-5-13(6-4-12)18(21)22-2/h3-6,10,14,16,20H,7-9H2,1-2H3. The van der Waals surface area contributed by atoms with Crippen molar-refractivity contribution in [2.75, 3.05) is 13.7 Å². The van der Waals surface area contributed by atoms with Crippen LogP contribution in [0.1, 0.15) is 51.2 Å². The van der Waals surface area contributed by atoms with Crippen molar-refractivity contribution in [3.05, 3.63) is 55.7 Å². The Hall–Kier alpha value is -1.17. The molecule has 0 spiro atoms. The van der Waals surface area contributed by atoms with Gasteiger partial charge in [0.1, 0.15) is 0 Å². The predicted octanol–water partition coefficient (Wildman–Crippen LogP) is 4.81. The van der Waals surface area contributed by atoms with Gasteiger partial charge in [-0.25, -0.2) is 4.79 Å². The summed E-state index contributed by atoms with van der Waals surface area (Å²) in [6.07, 6.45) is 2.25. The molecule has 1 N–H and O–H groups in total. The number of methoxy groups -OCH3 is 1. The number of rotatable bonds is 3. The number of carbonyl (C=O) groups excluding carboxylic acids is 1. The van der Waals surface area contributed by atoms with Gasteiger partial charge in [0.25, 0.3) is 0 Å². The van der Waals surface area contributed by atoms with E-state index in [2.05, 4.69) is 34.2 Å². The predicted molar refractivity (Wildman–Crippen MR) is 97.3 cm³/mol. The van der Waals surface area contributed by atoms with Crippen molar-refractivity contribution in [2.45, 2.75) is 31.7 Å². The molecule has 2 heterocycles. The second-order valence-corrected chi connectivity index (χ2v) is 8.54. The number of halogens is 1. The number of nitrogens with one attached hydrogen (secondary N) is 1. The first-order chi connectivity index (χ1) is 11.1. The Morgan fingerprint density at radius 1 is 1.35 bits per heavy atom. The minimum Gasteiger partial charge on any atom is -0.465 e. The maximum absolute atomic E-state index is 11.5. The quantitative estimate of drug-likeness (QED) is 0.759. The third kappa shape index (κ3) is 3.67. The van der Waals surface area contributed by atoms with E-state index in [0.717, 1.165) is 13.0 Å². The van der Waals surface area contributed by atoms with Crippen LogP contribution in [0.15, 0.2) is 34.1 Å². The summed E-state index contributed by atoms with van der Waals surface area (Å²) in [7, 11) is 1.41. The van der Waals surface area contributed by atoms with Gasteiger partial charge >= 0.3 is 5.97 Å². The van der Waals surface area contributed by atoms with Crippen molar-refractivity contribution >= 4 is 33.2 Å². The summed E-state index contributed by atoms with van der Waals surface area (Å²) in [5.74, 6) is 0.300. The van der Waals surface area contributed by atoms with Gasteiger partial charge in [-0.05, 0) is 77.5 Å². The van der Waals surface area contributed by atoms with Crippen LogP contribution < -0.4 is 5.32 Å². The molecule has 1 aromatic carbocycles. The van der Waals surface area contributed by atoms with Crippen molar-refractivity contribution in [3.8, 4) is 0 Å². The summed E-state index contributed by atoms with van der Waals surface area (Å²) >= 11 is 5.41. The molecule has 5 heteroatoms. The van der Waals surface area contributed by atoms with Gasteiger partial charge in [0, 0.05) is 10.9 Å². The first-order valence-corrected chi connectivity index (χ1v) is 9.37. The fourth-order valence-corrected chi connectivity index (χ4v) is 5.08. The van der Waals surface area contributed by atoms with E-state index in [0.29, 0.717) is 17.5 Å². The molecule has 2 aromatic rings. The summed E-state index contributed by atoms with van der Waals surface area (Å²) in [6.45, 7) is 3.22. The number of ether oxygens (including phenoxy) is 1. The first-order valence-electron chi connectivity index (χ1n) is 7.76. The Kier molecular flexibility index (Phi) is 5.19. The molecule has 3 rings (SSSR count). The van der Waals surface area contributed by atoms with Gasteiger partial charge in [0.2, 0.25) is 0 Å². The lowest BCUT2D eigenvalue weighted by Crippen LogP contribution is -2.31. The smallest absolute Gasteiger partial charge is 0.337 e. The van der Waals surface area contributed by atoms with Gasteiger partial charge in [0.05, 0.1) is 16.5 Å². The topological polar surface area (TPSA) is 38.3 Å². The average molecular weight is 394 g/mol. The highest BCUT2D eigenvalue weighted by molar-refractivity contribution is 9.11. The van der Waals surface area contributed by atoms with Gasteiger partial charge < -0.3 is 10.1 Å². The van der Waals surface area contributed by atoms with Crippen LogP contribution in [-0.2, 0) is 4.74 Å². The van der Waals surface area contributed by atoms with Crippen molar-refractivity contribution < 1.29 is 9.53 Å². The second kappa shape index (κ2) is 7.16. The SMILES string of the molecule is COC(=O)c1ccc(C2CC(c3cc(Br)sc3C)CCN2)cc1. The molecule has 23 heavy (non-hydrogen) atoms. The lowest BCUT2D eigenvalue weighted by atomic mass is 9.84. The third-order valence-corrected chi connectivity index (χ3v) is 6.07. The molecule has 1 saturated heterocycles. The number of carbonyl (C=O) groups is 1. The molecule has 0 amide bonds. The van der Waals surface area contributed by atoms with Crippen LogP contribution in [0.25, 0.3) is 0 Å². The van der Waals surface area contributed by atoms with Crippen LogP contribution in [0.5, 0.6) is 0 Å². The zero-order chi connectivity index (χ0) is 16.4. The van der Waals surface area contributed by atoms with E-state index in [1.54, 1.807) is 0 Å². The molecule has 1 aliphatic rings. The zero-order valence-corrected chi connectivity index (χ0v) is 15.7. The molecule has 3 nitrogen and oxygen atoms in total. The fraction of sp³-hybridized carbons (Fsp3) is 0.389. The summed E-state index contributed by atoms with van der Waals surface area (Å²) in [5, 5.41) is 3.60. The number of piperidine rings is 1. The Bertz CT molecular complexity index is 696. The average Bonchev–Trinajstić information content (AvgIpc) is 2.93. The Morgan fingerprint density at radius 2 is 2.09 bits per heavy atom. The number of hydrogen-bond donors (Lipinski definition) is 1. The number of thiophene rings is 1. The summed E-state index contributed by atoms with van der Waals surface area (Å²) in [6, 6.07) is 10.4. The molecule has 0 radical (unpaired) electrons. The highest BCUT2D eigenvalue weighted by atomic mass is 79.9. The largest absolute Gasteiger partial charge is 0.465 e. The molecule has 2 unspecified atom stereocenters. The number of aryl methyl sites for hydroxylation is 1. The van der Waals surface area contributed by atoms with Gasteiger partial charge in [-0.1, -0.05) is 12.1 Å². The van der Waals surface area contributed by atoms with Crippen LogP contribution in [0.4, 0.5) is 0 Å². The summed E-state index contributed by atoms with van der Waals surface area (Å²) < 4.78 is 5.96. The van der Waals surface area contributed by atoms with Gasteiger partial charge in [0.15, 0.2) is 0 Å². The van der Waals surface area contributed by atoms with Gasteiger partial charge in [-0.3, -0.25) is 0 Å². The highest BCUT2D eigenvalue weighted by Crippen LogP contribution is 2.39. The van der Waals surface area contributed by atoms with Crippen molar-refractivity contribution in [3.63, 3.8) is 0 Å². The van der Waals surface area contributed by atoms with Crippen LogP contribution in [0, 0.1) is 6.92 Å². The van der Waals surface area contributed by atoms with Crippen LogP contribution >= 0.6 is 27.3 Å². The minimum absolute atomic E-state index is 0.287. The van der Waals surface area contributed by atoms with E-state index in [1.165, 1.54) is 33.3 Å². The zero-order valence-electron chi connectivity index (χ0n) is 13.3. The Labute approximate surface area is 149 Å². The third-order valence-electron chi connectivity index (χ3n) is 4.50. The van der Waals surface area contributed by atoms with Crippen molar-refractivity contribution in [1.29, 1.82) is 0 Å². The summed E-state index contributed by atoms with van der Waals surface area (Å²) in [5.41, 5.74) is 3.30.